The second kappa shape index (κ2) is 5.68. The summed E-state index contributed by atoms with van der Waals surface area (Å²) in [6.07, 6.45) is 1.52. The van der Waals surface area contributed by atoms with Crippen LogP contribution in [-0.2, 0) is 6.42 Å². The van der Waals surface area contributed by atoms with E-state index >= 15 is 0 Å². The summed E-state index contributed by atoms with van der Waals surface area (Å²) in [5, 5.41) is 10.4. The molecule has 104 valence electrons. The zero-order chi connectivity index (χ0) is 13.9. The summed E-state index contributed by atoms with van der Waals surface area (Å²) in [4.78, 5) is 0. The van der Waals surface area contributed by atoms with Gasteiger partial charge in [-0.2, -0.15) is 0 Å². The van der Waals surface area contributed by atoms with Gasteiger partial charge in [0.2, 0.25) is 0 Å². The fraction of sp³-hybridized carbons (Fsp3) is 0.333. The Morgan fingerprint density at radius 2 is 1.95 bits per heavy atom. The maximum Gasteiger partial charge on any atom is 0.119 e. The molecule has 0 bridgehead atoms. The molecule has 2 aromatic rings. The van der Waals surface area contributed by atoms with Gasteiger partial charge in [0.15, 0.2) is 0 Å². The van der Waals surface area contributed by atoms with Crippen LogP contribution in [0, 0.1) is 5.92 Å². The second-order valence-electron chi connectivity index (χ2n) is 5.54. The number of methoxy groups -OCH3 is 1. The van der Waals surface area contributed by atoms with Gasteiger partial charge in [0, 0.05) is 0 Å². The highest BCUT2D eigenvalue weighted by Gasteiger charge is 2.42. The maximum absolute atomic E-state index is 10.4. The highest BCUT2D eigenvalue weighted by molar-refractivity contribution is 5.30. The van der Waals surface area contributed by atoms with Crippen LogP contribution < -0.4 is 4.74 Å². The average molecular weight is 268 g/mol. The number of aliphatic hydroxyl groups is 1. The zero-order valence-corrected chi connectivity index (χ0v) is 11.7. The van der Waals surface area contributed by atoms with Crippen LogP contribution in [0.15, 0.2) is 54.6 Å². The standard InChI is InChI=1S/C18H20O2/c1-20-15-9-5-6-13(10-15)11-18(19)17-12-16(17)14-7-3-2-4-8-14/h2-10,16-19H,11-12H2,1H3. The molecule has 20 heavy (non-hydrogen) atoms. The number of benzene rings is 2. The molecule has 2 nitrogen and oxygen atoms in total. The first-order valence-corrected chi connectivity index (χ1v) is 7.14. The van der Waals surface area contributed by atoms with Crippen LogP contribution in [0.2, 0.25) is 0 Å². The Hall–Kier alpha value is -1.80. The van der Waals surface area contributed by atoms with E-state index in [1.807, 2.05) is 30.3 Å². The maximum atomic E-state index is 10.4. The highest BCUT2D eigenvalue weighted by atomic mass is 16.5. The minimum atomic E-state index is -0.271. The SMILES string of the molecule is COc1cccc(CC(O)C2CC2c2ccccc2)c1. The third-order valence-corrected chi connectivity index (χ3v) is 4.14. The van der Waals surface area contributed by atoms with Crippen LogP contribution in [0.1, 0.15) is 23.5 Å². The number of aliphatic hydroxyl groups excluding tert-OH is 1. The normalized spacial score (nSPS) is 22.3. The Balaban J connectivity index is 1.62. The van der Waals surface area contributed by atoms with Crippen LogP contribution in [-0.4, -0.2) is 18.3 Å². The first-order valence-electron chi connectivity index (χ1n) is 7.14. The molecule has 0 radical (unpaired) electrons. The van der Waals surface area contributed by atoms with Gasteiger partial charge in [-0.05, 0) is 47.9 Å². The van der Waals surface area contributed by atoms with Crippen molar-refractivity contribution in [3.8, 4) is 5.75 Å². The van der Waals surface area contributed by atoms with E-state index in [9.17, 15) is 5.11 Å². The molecule has 3 atom stereocenters. The van der Waals surface area contributed by atoms with Gasteiger partial charge in [-0.3, -0.25) is 0 Å². The monoisotopic (exact) mass is 268 g/mol. The molecule has 3 rings (SSSR count). The van der Waals surface area contributed by atoms with Crippen LogP contribution in [0.3, 0.4) is 0 Å². The third-order valence-electron chi connectivity index (χ3n) is 4.14. The predicted molar refractivity (Wildman–Crippen MR) is 80.0 cm³/mol. The van der Waals surface area contributed by atoms with E-state index in [-0.39, 0.29) is 6.10 Å². The molecular weight excluding hydrogens is 248 g/mol. The molecule has 1 saturated carbocycles. The lowest BCUT2D eigenvalue weighted by atomic mass is 10.0. The molecular formula is C18H20O2. The minimum Gasteiger partial charge on any atom is -0.497 e. The molecule has 0 saturated heterocycles. The van der Waals surface area contributed by atoms with Gasteiger partial charge in [-0.15, -0.1) is 0 Å². The first-order chi connectivity index (χ1) is 9.78. The molecule has 0 amide bonds. The topological polar surface area (TPSA) is 29.5 Å². The summed E-state index contributed by atoms with van der Waals surface area (Å²) in [5.74, 6) is 1.77. The molecule has 0 heterocycles. The Labute approximate surface area is 120 Å². The Morgan fingerprint density at radius 1 is 1.15 bits per heavy atom. The Bertz CT molecular complexity index is 565. The number of hydrogen-bond acceptors (Lipinski definition) is 2. The fourth-order valence-electron chi connectivity index (χ4n) is 2.92. The van der Waals surface area contributed by atoms with E-state index in [4.69, 9.17) is 4.74 Å². The average Bonchev–Trinajstić information content (AvgIpc) is 3.29. The van der Waals surface area contributed by atoms with Gasteiger partial charge in [-0.1, -0.05) is 42.5 Å². The van der Waals surface area contributed by atoms with Crippen LogP contribution in [0.4, 0.5) is 0 Å². The van der Waals surface area contributed by atoms with E-state index in [0.717, 1.165) is 17.7 Å². The Kier molecular flexibility index (Phi) is 3.75. The lowest BCUT2D eigenvalue weighted by molar-refractivity contribution is 0.149. The van der Waals surface area contributed by atoms with Gasteiger partial charge in [0.25, 0.3) is 0 Å². The largest absolute Gasteiger partial charge is 0.497 e. The van der Waals surface area contributed by atoms with Gasteiger partial charge in [-0.25, -0.2) is 0 Å². The molecule has 0 spiro atoms. The molecule has 0 aromatic heterocycles. The summed E-state index contributed by atoms with van der Waals surface area (Å²) < 4.78 is 5.22. The number of ether oxygens (including phenoxy) is 1. The van der Waals surface area contributed by atoms with Gasteiger partial charge in [0.1, 0.15) is 5.75 Å². The van der Waals surface area contributed by atoms with Crippen LogP contribution >= 0.6 is 0 Å². The van der Waals surface area contributed by atoms with Crippen molar-refractivity contribution in [3.63, 3.8) is 0 Å². The van der Waals surface area contributed by atoms with E-state index in [2.05, 4.69) is 24.3 Å². The lowest BCUT2D eigenvalue weighted by Crippen LogP contribution is -2.14. The van der Waals surface area contributed by atoms with Crippen molar-refractivity contribution in [3.05, 3.63) is 65.7 Å². The molecule has 1 aliphatic carbocycles. The first kappa shape index (κ1) is 13.2. The summed E-state index contributed by atoms with van der Waals surface area (Å²) >= 11 is 0. The number of hydrogen-bond donors (Lipinski definition) is 1. The third kappa shape index (κ3) is 2.86. The van der Waals surface area contributed by atoms with Crippen molar-refractivity contribution in [2.45, 2.75) is 24.9 Å². The molecule has 2 heteroatoms. The predicted octanol–water partition coefficient (Wildman–Crippen LogP) is 3.40. The lowest BCUT2D eigenvalue weighted by Gasteiger charge is -2.11. The second-order valence-corrected chi connectivity index (χ2v) is 5.54. The molecule has 1 aliphatic rings. The smallest absolute Gasteiger partial charge is 0.119 e. The molecule has 1 N–H and O–H groups in total. The highest BCUT2D eigenvalue weighted by Crippen LogP contribution is 2.50. The van der Waals surface area contributed by atoms with Gasteiger partial charge >= 0.3 is 0 Å². The van der Waals surface area contributed by atoms with E-state index in [0.29, 0.717) is 18.3 Å². The van der Waals surface area contributed by atoms with E-state index in [1.54, 1.807) is 7.11 Å². The summed E-state index contributed by atoms with van der Waals surface area (Å²) in [6.45, 7) is 0. The Morgan fingerprint density at radius 3 is 2.70 bits per heavy atom. The minimum absolute atomic E-state index is 0.271. The molecule has 1 fully saturated rings. The summed E-state index contributed by atoms with van der Waals surface area (Å²) in [6, 6.07) is 18.4. The van der Waals surface area contributed by atoms with Crippen molar-refractivity contribution in [1.82, 2.24) is 0 Å². The summed E-state index contributed by atoms with van der Waals surface area (Å²) in [5.41, 5.74) is 2.48. The number of rotatable bonds is 5. The van der Waals surface area contributed by atoms with Crippen molar-refractivity contribution in [2.24, 2.45) is 5.92 Å². The molecule has 0 aliphatic heterocycles. The van der Waals surface area contributed by atoms with E-state index < -0.39 is 0 Å². The zero-order valence-electron chi connectivity index (χ0n) is 11.7. The van der Waals surface area contributed by atoms with Crippen LogP contribution in [0.25, 0.3) is 0 Å². The molecule has 3 unspecified atom stereocenters. The van der Waals surface area contributed by atoms with Crippen molar-refractivity contribution in [2.75, 3.05) is 7.11 Å². The van der Waals surface area contributed by atoms with Gasteiger partial charge < -0.3 is 9.84 Å². The fourth-order valence-corrected chi connectivity index (χ4v) is 2.92. The van der Waals surface area contributed by atoms with Gasteiger partial charge in [0.05, 0.1) is 13.2 Å². The van der Waals surface area contributed by atoms with Crippen molar-refractivity contribution < 1.29 is 9.84 Å². The molecule has 2 aromatic carbocycles. The van der Waals surface area contributed by atoms with Crippen molar-refractivity contribution >= 4 is 0 Å². The van der Waals surface area contributed by atoms with Crippen LogP contribution in [0.5, 0.6) is 5.75 Å². The summed E-state index contributed by atoms with van der Waals surface area (Å²) in [7, 11) is 1.67. The van der Waals surface area contributed by atoms with Crippen molar-refractivity contribution in [1.29, 1.82) is 0 Å². The quantitative estimate of drug-likeness (QED) is 0.900. The van der Waals surface area contributed by atoms with E-state index in [1.165, 1.54) is 5.56 Å².